The zero-order chi connectivity index (χ0) is 20.1. The van der Waals surface area contributed by atoms with Gasteiger partial charge in [0.05, 0.1) is 13.7 Å². The Kier molecular flexibility index (Phi) is 9.38. The fourth-order valence-corrected chi connectivity index (χ4v) is 6.26. The van der Waals surface area contributed by atoms with Crippen molar-refractivity contribution >= 4 is 13.1 Å². The van der Waals surface area contributed by atoms with Gasteiger partial charge in [-0.2, -0.15) is 5.48 Å². The molecule has 0 saturated carbocycles. The second-order valence-electron chi connectivity index (χ2n) is 9.49. The van der Waals surface area contributed by atoms with Crippen molar-refractivity contribution in [3.05, 3.63) is 0 Å². The van der Waals surface area contributed by atoms with Gasteiger partial charge in [-0.1, -0.05) is 54.9 Å². The highest BCUT2D eigenvalue weighted by Crippen LogP contribution is 2.54. The Labute approximate surface area is 154 Å². The lowest BCUT2D eigenvalue weighted by Gasteiger charge is -2.45. The molecule has 0 aliphatic carbocycles. The van der Waals surface area contributed by atoms with Crippen molar-refractivity contribution in [2.75, 3.05) is 19.9 Å². The molecule has 0 aromatic heterocycles. The molecule has 0 radical (unpaired) electrons. The third-order valence-corrected chi connectivity index (χ3v) is 6.66. The first-order valence-corrected chi connectivity index (χ1v) is 11.9. The molecule has 0 aromatic carbocycles. The molecule has 0 rings (SSSR count). The minimum absolute atomic E-state index is 0.0942. The van der Waals surface area contributed by atoms with Crippen LogP contribution in [0.25, 0.3) is 0 Å². The predicted molar refractivity (Wildman–Crippen MR) is 105 cm³/mol. The van der Waals surface area contributed by atoms with Crippen LogP contribution in [0.1, 0.15) is 68.2 Å². The van der Waals surface area contributed by atoms with E-state index in [0.29, 0.717) is 6.61 Å². The number of ether oxygens (including phenoxy) is 1. The molecule has 3 atom stereocenters. The largest absolute Gasteiger partial charge is 0.464 e. The van der Waals surface area contributed by atoms with Crippen LogP contribution in [0.15, 0.2) is 0 Å². The van der Waals surface area contributed by atoms with Crippen molar-refractivity contribution < 1.29 is 18.9 Å². The van der Waals surface area contributed by atoms with E-state index in [4.69, 9.17) is 9.57 Å². The number of hydroxylamine groups is 1. The Morgan fingerprint density at radius 3 is 1.96 bits per heavy atom. The van der Waals surface area contributed by atoms with Crippen molar-refractivity contribution in [2.45, 2.75) is 86.0 Å². The molecule has 0 aromatic rings. The number of rotatable bonds is 9. The number of nitrogens with one attached hydrogen (secondary N) is 1. The van der Waals surface area contributed by atoms with E-state index in [2.05, 4.69) is 47.0 Å². The quantitative estimate of drug-likeness (QED) is 0.273. The van der Waals surface area contributed by atoms with Gasteiger partial charge in [0, 0.05) is 11.7 Å². The highest BCUT2D eigenvalue weighted by Gasteiger charge is 2.45. The van der Waals surface area contributed by atoms with Crippen LogP contribution in [0, 0.1) is 10.8 Å². The van der Waals surface area contributed by atoms with Crippen molar-refractivity contribution in [1.82, 2.24) is 5.48 Å². The highest BCUT2D eigenvalue weighted by atomic mass is 31.2. The normalized spacial score (nSPS) is 17.0. The van der Waals surface area contributed by atoms with Crippen LogP contribution in [0.3, 0.4) is 0 Å². The molecule has 5 nitrogen and oxygen atoms in total. The Morgan fingerprint density at radius 2 is 1.60 bits per heavy atom. The molecule has 25 heavy (non-hydrogen) atoms. The van der Waals surface area contributed by atoms with Gasteiger partial charge in [-0.05, 0) is 37.5 Å². The van der Waals surface area contributed by atoms with Crippen LogP contribution in [0.2, 0.25) is 0 Å². The molecule has 6 heteroatoms. The summed E-state index contributed by atoms with van der Waals surface area (Å²) in [5.41, 5.74) is 2.62. The number of esters is 1. The van der Waals surface area contributed by atoms with E-state index in [1.807, 2.05) is 20.3 Å². The summed E-state index contributed by atoms with van der Waals surface area (Å²) in [6, 6.07) is -0.167. The maximum Gasteiger partial charge on any atom is 0.337 e. The lowest BCUT2D eigenvalue weighted by atomic mass is 9.76. The highest BCUT2D eigenvalue weighted by molar-refractivity contribution is 7.63. The fraction of sp³-hybridized carbons (Fsp3) is 0.947. The maximum atomic E-state index is 13.0. The van der Waals surface area contributed by atoms with Crippen LogP contribution in [0.5, 0.6) is 0 Å². The Hall–Kier alpha value is -0.380. The van der Waals surface area contributed by atoms with E-state index in [0.717, 1.165) is 12.8 Å². The summed E-state index contributed by atoms with van der Waals surface area (Å²) in [5.74, 6) is -0.378. The second-order valence-corrected chi connectivity index (χ2v) is 12.9. The monoisotopic (exact) mass is 377 g/mol. The number of carbonyl (C=O) groups excluding carboxylic acids is 1. The fourth-order valence-electron chi connectivity index (χ4n) is 3.16. The molecule has 0 saturated heterocycles. The summed E-state index contributed by atoms with van der Waals surface area (Å²) < 4.78 is 18.2. The zero-order valence-corrected chi connectivity index (χ0v) is 18.8. The van der Waals surface area contributed by atoms with Crippen LogP contribution in [-0.4, -0.2) is 43.7 Å². The van der Waals surface area contributed by atoms with E-state index in [9.17, 15) is 9.36 Å². The van der Waals surface area contributed by atoms with Gasteiger partial charge in [-0.15, -0.1) is 0 Å². The van der Waals surface area contributed by atoms with Crippen molar-refractivity contribution in [3.8, 4) is 0 Å². The van der Waals surface area contributed by atoms with E-state index >= 15 is 0 Å². The molecule has 0 aliphatic rings. The summed E-state index contributed by atoms with van der Waals surface area (Å²) in [4.78, 5) is 17.7. The van der Waals surface area contributed by atoms with Gasteiger partial charge in [0.25, 0.3) is 0 Å². The van der Waals surface area contributed by atoms with Crippen LogP contribution >= 0.6 is 7.14 Å². The summed E-state index contributed by atoms with van der Waals surface area (Å²) in [7, 11) is -2.41. The van der Waals surface area contributed by atoms with E-state index in [1.54, 1.807) is 6.92 Å². The molecule has 0 fully saturated rings. The average Bonchev–Trinajstić information content (AvgIpc) is 2.38. The maximum absolute atomic E-state index is 13.0. The van der Waals surface area contributed by atoms with Gasteiger partial charge < -0.3 is 9.30 Å². The summed E-state index contributed by atoms with van der Waals surface area (Å²) in [5, 5.41) is 0. The molecule has 0 heterocycles. The molecule has 150 valence electrons. The van der Waals surface area contributed by atoms with Gasteiger partial charge >= 0.3 is 5.97 Å². The zero-order valence-electron chi connectivity index (χ0n) is 17.9. The molecule has 0 aliphatic heterocycles. The number of hydrogen-bond donors (Lipinski definition) is 1. The minimum atomic E-state index is -2.41. The Balaban J connectivity index is 5.20. The topological polar surface area (TPSA) is 64.6 Å². The molecule has 0 amide bonds. The van der Waals surface area contributed by atoms with Gasteiger partial charge in [0.2, 0.25) is 0 Å². The summed E-state index contributed by atoms with van der Waals surface area (Å²) in [6.45, 7) is 20.3. The standard InChI is InChI=1S/C19H40NO4P/c1-11-12-13-23-17(21)14(2)24-20-15(18(3,4)5)16(19(6,7)8)25(9,10)22/h14-16,20H,11-13H2,1-10H3. The molecule has 0 bridgehead atoms. The smallest absolute Gasteiger partial charge is 0.337 e. The molecular formula is C19H40NO4P. The minimum Gasteiger partial charge on any atom is -0.464 e. The van der Waals surface area contributed by atoms with Gasteiger partial charge in [0.15, 0.2) is 6.10 Å². The lowest BCUT2D eigenvalue weighted by molar-refractivity contribution is -0.164. The predicted octanol–water partition coefficient (Wildman–Crippen LogP) is 4.69. The van der Waals surface area contributed by atoms with Gasteiger partial charge in [0.1, 0.15) is 0 Å². The lowest BCUT2D eigenvalue weighted by Crippen LogP contribution is -2.54. The third-order valence-electron chi connectivity index (χ3n) is 4.25. The van der Waals surface area contributed by atoms with Crippen molar-refractivity contribution in [2.24, 2.45) is 10.8 Å². The number of unbranched alkanes of at least 4 members (excludes halogenated alkanes) is 1. The van der Waals surface area contributed by atoms with Crippen LogP contribution in [-0.2, 0) is 18.9 Å². The van der Waals surface area contributed by atoms with E-state index < -0.39 is 13.2 Å². The summed E-state index contributed by atoms with van der Waals surface area (Å²) in [6.07, 6.45) is 1.11. The SMILES string of the molecule is CCCCOC(=O)C(C)ONC(C(C(C)(C)C)P(C)(C)=O)C(C)(C)C. The van der Waals surface area contributed by atoms with Gasteiger partial charge in [-0.25, -0.2) is 4.79 Å². The van der Waals surface area contributed by atoms with Crippen LogP contribution < -0.4 is 5.48 Å². The first-order valence-electron chi connectivity index (χ1n) is 9.24. The number of hydrogen-bond acceptors (Lipinski definition) is 5. The molecule has 3 unspecified atom stereocenters. The Morgan fingerprint density at radius 1 is 1.08 bits per heavy atom. The second kappa shape index (κ2) is 9.53. The number of carbonyl (C=O) groups is 1. The first kappa shape index (κ1) is 24.6. The van der Waals surface area contributed by atoms with Crippen molar-refractivity contribution in [3.63, 3.8) is 0 Å². The molecular weight excluding hydrogens is 337 g/mol. The van der Waals surface area contributed by atoms with E-state index in [-0.39, 0.29) is 28.5 Å². The van der Waals surface area contributed by atoms with E-state index in [1.165, 1.54) is 0 Å². The Bertz CT molecular complexity index is 459. The van der Waals surface area contributed by atoms with Crippen molar-refractivity contribution in [1.29, 1.82) is 0 Å². The molecule has 0 spiro atoms. The van der Waals surface area contributed by atoms with Crippen LogP contribution in [0.4, 0.5) is 0 Å². The van der Waals surface area contributed by atoms with Gasteiger partial charge in [-0.3, -0.25) is 4.84 Å². The average molecular weight is 378 g/mol. The summed E-state index contributed by atoms with van der Waals surface area (Å²) >= 11 is 0. The first-order chi connectivity index (χ1) is 11.1. The molecule has 1 N–H and O–H groups in total. The third kappa shape index (κ3) is 8.70.